The molecule has 0 aliphatic heterocycles. The highest BCUT2D eigenvalue weighted by Gasteiger charge is 2.23. The number of halogens is 1. The molecule has 0 fully saturated rings. The minimum atomic E-state index is -0.919. The molecule has 214 valence electrons. The van der Waals surface area contributed by atoms with E-state index in [4.69, 9.17) is 16.6 Å². The zero-order valence-electron chi connectivity index (χ0n) is 24.0. The molecule has 0 radical (unpaired) electrons. The number of rotatable bonds is 12. The van der Waals surface area contributed by atoms with Crippen LogP contribution in [-0.2, 0) is 16.8 Å². The van der Waals surface area contributed by atoms with Gasteiger partial charge in [0.25, 0.3) is 0 Å². The van der Waals surface area contributed by atoms with Crippen LogP contribution in [-0.4, -0.2) is 26.9 Å². The number of fused-ring (bicyclic) bond motifs is 1. The van der Waals surface area contributed by atoms with Crippen LogP contribution in [0.5, 0.6) is 0 Å². The second-order valence-corrected chi connectivity index (χ2v) is 12.9. The van der Waals surface area contributed by atoms with Gasteiger partial charge in [0.15, 0.2) is 0 Å². The topological polar surface area (TPSA) is 70.4 Å². The summed E-state index contributed by atoms with van der Waals surface area (Å²) in [6.07, 6.45) is 5.76. The molecule has 0 spiro atoms. The second kappa shape index (κ2) is 13.7. The summed E-state index contributed by atoms with van der Waals surface area (Å²) in [6, 6.07) is 26.3. The number of hydrogen-bond donors (Lipinski definition) is 2. The fourth-order valence-corrected chi connectivity index (χ4v) is 6.48. The Labute approximate surface area is 252 Å². The lowest BCUT2D eigenvalue weighted by Crippen LogP contribution is -2.20. The van der Waals surface area contributed by atoms with Gasteiger partial charge in [-0.3, -0.25) is 4.79 Å². The Bertz CT molecular complexity index is 1530. The minimum Gasteiger partial charge on any atom is -0.481 e. The number of nitrogens with zero attached hydrogens (tertiary/aromatic N) is 1. The van der Waals surface area contributed by atoms with E-state index >= 15 is 0 Å². The Morgan fingerprint density at radius 3 is 2.51 bits per heavy atom. The van der Waals surface area contributed by atoms with E-state index in [0.717, 1.165) is 51.9 Å². The highest BCUT2D eigenvalue weighted by molar-refractivity contribution is 7.99. The number of aryl methyl sites for hydroxylation is 1. The first-order valence-corrected chi connectivity index (χ1v) is 15.4. The van der Waals surface area contributed by atoms with Crippen molar-refractivity contribution in [2.24, 2.45) is 11.8 Å². The van der Waals surface area contributed by atoms with Crippen molar-refractivity contribution in [3.63, 3.8) is 0 Å². The van der Waals surface area contributed by atoms with E-state index in [2.05, 4.69) is 36.4 Å². The van der Waals surface area contributed by atoms with Crippen LogP contribution in [0.25, 0.3) is 23.1 Å². The molecule has 4 nitrogen and oxygen atoms in total. The van der Waals surface area contributed by atoms with Crippen LogP contribution in [0.15, 0.2) is 78.9 Å². The van der Waals surface area contributed by atoms with Crippen molar-refractivity contribution in [2.45, 2.75) is 51.4 Å². The van der Waals surface area contributed by atoms with Gasteiger partial charge >= 0.3 is 5.97 Å². The third-order valence-corrected chi connectivity index (χ3v) is 9.42. The fraction of sp³-hybridized carbons (Fsp3) is 0.314. The first-order valence-electron chi connectivity index (χ1n) is 14.0. The van der Waals surface area contributed by atoms with Gasteiger partial charge in [0.1, 0.15) is 0 Å². The van der Waals surface area contributed by atoms with Gasteiger partial charge in [0.2, 0.25) is 0 Å². The molecule has 0 aliphatic carbocycles. The Morgan fingerprint density at radius 1 is 1.00 bits per heavy atom. The lowest BCUT2D eigenvalue weighted by Gasteiger charge is -2.24. The molecule has 41 heavy (non-hydrogen) atoms. The maximum absolute atomic E-state index is 11.6. The molecule has 3 atom stereocenters. The number of pyridine rings is 1. The third kappa shape index (κ3) is 8.45. The fourth-order valence-electron chi connectivity index (χ4n) is 4.87. The van der Waals surface area contributed by atoms with Gasteiger partial charge in [-0.25, -0.2) is 4.98 Å². The molecule has 0 amide bonds. The molecule has 0 saturated heterocycles. The predicted octanol–water partition coefficient (Wildman–Crippen LogP) is 9.05. The maximum atomic E-state index is 11.6. The molecule has 4 rings (SSSR count). The van der Waals surface area contributed by atoms with Crippen molar-refractivity contribution in [3.05, 3.63) is 112 Å². The van der Waals surface area contributed by atoms with E-state index in [0.29, 0.717) is 5.02 Å². The van der Waals surface area contributed by atoms with Crippen molar-refractivity contribution >= 4 is 52.4 Å². The SMILES string of the molecule is CC(CS[C@H](CCc1ccccc1C(C)(C)O)c1cccc(C=Cc2ccc3ccc(Cl)cc3n2)c1)C(C)C(=O)O. The van der Waals surface area contributed by atoms with Crippen molar-refractivity contribution in [1.29, 1.82) is 0 Å². The smallest absolute Gasteiger partial charge is 0.306 e. The molecule has 0 aliphatic rings. The molecule has 4 aromatic rings. The molecule has 3 aromatic carbocycles. The summed E-state index contributed by atoms with van der Waals surface area (Å²) in [5.74, 6) is -0.378. The average molecular weight is 588 g/mol. The summed E-state index contributed by atoms with van der Waals surface area (Å²) in [5.41, 5.74) is 5.15. The zero-order valence-corrected chi connectivity index (χ0v) is 25.6. The number of aliphatic carboxylic acids is 1. The van der Waals surface area contributed by atoms with Gasteiger partial charge in [-0.1, -0.05) is 92.2 Å². The third-order valence-electron chi connectivity index (χ3n) is 7.56. The molecule has 0 saturated carbocycles. The number of carboxylic acid groups (broad SMARTS) is 1. The van der Waals surface area contributed by atoms with Crippen LogP contribution in [0.1, 0.15) is 67.3 Å². The van der Waals surface area contributed by atoms with Gasteiger partial charge in [-0.2, -0.15) is 11.8 Å². The number of carbonyl (C=O) groups is 1. The van der Waals surface area contributed by atoms with Crippen molar-refractivity contribution in [3.8, 4) is 0 Å². The van der Waals surface area contributed by atoms with E-state index in [1.807, 2.05) is 87.1 Å². The first-order chi connectivity index (χ1) is 19.5. The van der Waals surface area contributed by atoms with Gasteiger partial charge < -0.3 is 10.2 Å². The molecule has 1 heterocycles. The number of aromatic nitrogens is 1. The van der Waals surface area contributed by atoms with E-state index in [1.54, 1.807) is 6.92 Å². The van der Waals surface area contributed by atoms with Crippen LogP contribution in [0, 0.1) is 11.8 Å². The molecule has 6 heteroatoms. The van der Waals surface area contributed by atoms with E-state index in [9.17, 15) is 15.0 Å². The van der Waals surface area contributed by atoms with E-state index in [-0.39, 0.29) is 11.2 Å². The second-order valence-electron chi connectivity index (χ2n) is 11.3. The number of hydrogen-bond acceptors (Lipinski definition) is 4. The predicted molar refractivity (Wildman–Crippen MR) is 173 cm³/mol. The van der Waals surface area contributed by atoms with Crippen molar-refractivity contribution in [1.82, 2.24) is 4.98 Å². The van der Waals surface area contributed by atoms with Crippen LogP contribution in [0.4, 0.5) is 0 Å². The highest BCUT2D eigenvalue weighted by atomic mass is 35.5. The van der Waals surface area contributed by atoms with Crippen LogP contribution < -0.4 is 0 Å². The quantitative estimate of drug-likeness (QED) is 0.173. The summed E-state index contributed by atoms with van der Waals surface area (Å²) in [4.78, 5) is 16.3. The molecule has 0 bridgehead atoms. The Balaban J connectivity index is 1.57. The van der Waals surface area contributed by atoms with Crippen molar-refractivity contribution < 1.29 is 15.0 Å². The molecule has 1 aromatic heterocycles. The Hall–Kier alpha value is -3.12. The Morgan fingerprint density at radius 2 is 1.76 bits per heavy atom. The summed E-state index contributed by atoms with van der Waals surface area (Å²) in [7, 11) is 0. The van der Waals surface area contributed by atoms with Crippen LogP contribution >= 0.6 is 23.4 Å². The maximum Gasteiger partial charge on any atom is 0.306 e. The standard InChI is InChI=1S/C35H38ClNO3S/c1-23(24(2)34(38)39)22-41-33(19-15-26-9-5-6-11-31(26)35(3,4)40)28-10-7-8-25(20-28)12-17-30-18-14-27-13-16-29(36)21-32(27)37-30/h5-14,16-18,20-21,23-24,33,40H,15,19,22H2,1-4H3,(H,38,39)/t23?,24?,33-/m1/s1. The highest BCUT2D eigenvalue weighted by Crippen LogP contribution is 2.37. The minimum absolute atomic E-state index is 0.0409. The van der Waals surface area contributed by atoms with E-state index < -0.39 is 17.5 Å². The normalized spacial score (nSPS) is 14.3. The molecule has 2 N–H and O–H groups in total. The van der Waals surface area contributed by atoms with Gasteiger partial charge in [0.05, 0.1) is 22.7 Å². The number of thioether (sulfide) groups is 1. The Kier molecular flexibility index (Phi) is 10.3. The average Bonchev–Trinajstić information content (AvgIpc) is 2.95. The lowest BCUT2D eigenvalue weighted by atomic mass is 9.90. The monoisotopic (exact) mass is 587 g/mol. The van der Waals surface area contributed by atoms with Crippen LogP contribution in [0.3, 0.4) is 0 Å². The summed E-state index contributed by atoms with van der Waals surface area (Å²) < 4.78 is 0. The number of carboxylic acids is 1. The first kappa shape index (κ1) is 30.8. The largest absolute Gasteiger partial charge is 0.481 e. The van der Waals surface area contributed by atoms with Gasteiger partial charge in [0, 0.05) is 15.7 Å². The van der Waals surface area contributed by atoms with E-state index in [1.165, 1.54) is 5.56 Å². The summed E-state index contributed by atoms with van der Waals surface area (Å²) in [5, 5.41) is 22.1. The van der Waals surface area contributed by atoms with Crippen molar-refractivity contribution in [2.75, 3.05) is 5.75 Å². The number of benzene rings is 3. The lowest BCUT2D eigenvalue weighted by molar-refractivity contribution is -0.142. The van der Waals surface area contributed by atoms with Gasteiger partial charge in [-0.05, 0) is 84.9 Å². The molecular formula is C35H38ClNO3S. The van der Waals surface area contributed by atoms with Crippen LogP contribution in [0.2, 0.25) is 5.02 Å². The summed E-state index contributed by atoms with van der Waals surface area (Å²) >= 11 is 7.98. The van der Waals surface area contributed by atoms with Gasteiger partial charge in [-0.15, -0.1) is 0 Å². The molecular weight excluding hydrogens is 550 g/mol. The number of aliphatic hydroxyl groups is 1. The zero-order chi connectivity index (χ0) is 29.6. The molecule has 2 unspecified atom stereocenters. The summed E-state index contributed by atoms with van der Waals surface area (Å²) in [6.45, 7) is 7.43.